The quantitative estimate of drug-likeness (QED) is 0.870. The summed E-state index contributed by atoms with van der Waals surface area (Å²) in [6.45, 7) is 0. The van der Waals surface area contributed by atoms with Gasteiger partial charge in [0.25, 0.3) is 11.8 Å². The fourth-order valence-corrected chi connectivity index (χ4v) is 1.94. The number of carbonyl (C=O) groups excluding carboxylic acids is 2. The summed E-state index contributed by atoms with van der Waals surface area (Å²) >= 11 is 0. The molecule has 6 nitrogen and oxygen atoms in total. The molecule has 2 rings (SSSR count). The average Bonchev–Trinajstić information content (AvgIpc) is 2.53. The number of nitrogens with two attached hydrogens (primary N) is 1. The van der Waals surface area contributed by atoms with Crippen LogP contribution in [0, 0.1) is 5.82 Å². The first-order valence-electron chi connectivity index (χ1n) is 6.32. The van der Waals surface area contributed by atoms with E-state index in [-0.39, 0.29) is 11.3 Å². The van der Waals surface area contributed by atoms with Crippen LogP contribution in [-0.2, 0) is 4.84 Å². The fourth-order valence-electron chi connectivity index (χ4n) is 1.94. The van der Waals surface area contributed by atoms with E-state index in [0.29, 0.717) is 11.1 Å². The van der Waals surface area contributed by atoms with Crippen molar-refractivity contribution in [2.45, 2.75) is 0 Å². The van der Waals surface area contributed by atoms with Crippen molar-refractivity contribution in [3.8, 4) is 11.1 Å². The highest BCUT2D eigenvalue weighted by molar-refractivity contribution is 5.98. The van der Waals surface area contributed by atoms with Crippen LogP contribution in [-0.4, -0.2) is 36.0 Å². The monoisotopic (exact) mass is 303 g/mol. The van der Waals surface area contributed by atoms with Crippen LogP contribution < -0.4 is 5.73 Å². The summed E-state index contributed by atoms with van der Waals surface area (Å²) in [4.78, 5) is 31.9. The van der Waals surface area contributed by atoms with Crippen molar-refractivity contribution in [2.75, 3.05) is 14.2 Å². The number of benzene rings is 1. The Bertz CT molecular complexity index is 734. The van der Waals surface area contributed by atoms with E-state index in [2.05, 4.69) is 4.98 Å². The average molecular weight is 303 g/mol. The maximum Gasteiger partial charge on any atom is 0.280 e. The molecule has 0 radical (unpaired) electrons. The van der Waals surface area contributed by atoms with Crippen molar-refractivity contribution >= 4 is 11.8 Å². The number of pyridine rings is 1. The smallest absolute Gasteiger partial charge is 0.280 e. The lowest BCUT2D eigenvalue weighted by atomic mass is 10.0. The molecule has 0 fully saturated rings. The third kappa shape index (κ3) is 2.94. The lowest BCUT2D eigenvalue weighted by molar-refractivity contribution is -0.0759. The summed E-state index contributed by atoms with van der Waals surface area (Å²) < 4.78 is 14.2. The Morgan fingerprint density at radius 2 is 2.05 bits per heavy atom. The van der Waals surface area contributed by atoms with Gasteiger partial charge >= 0.3 is 0 Å². The van der Waals surface area contributed by atoms with Crippen LogP contribution in [0.3, 0.4) is 0 Å². The summed E-state index contributed by atoms with van der Waals surface area (Å²) in [6.07, 6.45) is 1.42. The number of primary amides is 1. The lowest BCUT2D eigenvalue weighted by Crippen LogP contribution is -2.26. The molecule has 0 aliphatic carbocycles. The minimum absolute atomic E-state index is 0.0370. The maximum atomic E-state index is 14.2. The first-order chi connectivity index (χ1) is 10.5. The normalized spacial score (nSPS) is 10.3. The number of amides is 2. The van der Waals surface area contributed by atoms with Crippen molar-refractivity contribution < 1.29 is 18.8 Å². The number of hydrogen-bond donors (Lipinski definition) is 1. The van der Waals surface area contributed by atoms with Crippen molar-refractivity contribution in [2.24, 2.45) is 5.73 Å². The number of halogens is 1. The third-order valence-corrected chi connectivity index (χ3v) is 3.11. The van der Waals surface area contributed by atoms with Crippen LogP contribution in [0.1, 0.15) is 20.8 Å². The Morgan fingerprint density at radius 3 is 2.64 bits per heavy atom. The van der Waals surface area contributed by atoms with Crippen molar-refractivity contribution in [3.63, 3.8) is 0 Å². The van der Waals surface area contributed by atoms with Gasteiger partial charge in [0.15, 0.2) is 0 Å². The lowest BCUT2D eigenvalue weighted by Gasteiger charge is -2.14. The van der Waals surface area contributed by atoms with Gasteiger partial charge in [0.2, 0.25) is 0 Å². The van der Waals surface area contributed by atoms with Crippen LogP contribution in [0.5, 0.6) is 0 Å². The van der Waals surface area contributed by atoms with Gasteiger partial charge in [-0.3, -0.25) is 19.4 Å². The Labute approximate surface area is 126 Å². The molecule has 7 heteroatoms. The standard InChI is InChI=1S/C15H14FN3O3/c1-19(22-2)15(21)11-6-5-9(8-12(11)16)10-4-3-7-18-13(10)14(17)20/h3-8H,1-2H3,(H2,17,20). The Hall–Kier alpha value is -2.80. The van der Waals surface area contributed by atoms with Gasteiger partial charge in [-0.2, -0.15) is 0 Å². The molecule has 0 atom stereocenters. The number of aromatic nitrogens is 1. The Kier molecular flexibility index (Phi) is 4.47. The largest absolute Gasteiger partial charge is 0.364 e. The summed E-state index contributed by atoms with van der Waals surface area (Å²) in [5, 5.41) is 0.914. The van der Waals surface area contributed by atoms with Crippen LogP contribution in [0.25, 0.3) is 11.1 Å². The molecule has 0 aliphatic rings. The van der Waals surface area contributed by atoms with Gasteiger partial charge < -0.3 is 5.73 Å². The van der Waals surface area contributed by atoms with Crippen LogP contribution >= 0.6 is 0 Å². The maximum absolute atomic E-state index is 14.2. The SMILES string of the molecule is CON(C)C(=O)c1ccc(-c2cccnc2C(N)=O)cc1F. The highest BCUT2D eigenvalue weighted by Crippen LogP contribution is 2.24. The molecule has 2 N–H and O–H groups in total. The number of hydroxylamine groups is 2. The summed E-state index contributed by atoms with van der Waals surface area (Å²) in [7, 11) is 2.68. The molecule has 0 saturated heterocycles. The van der Waals surface area contributed by atoms with E-state index >= 15 is 0 Å². The third-order valence-electron chi connectivity index (χ3n) is 3.11. The summed E-state index contributed by atoms with van der Waals surface area (Å²) in [5.74, 6) is -2.06. The van der Waals surface area contributed by atoms with E-state index in [9.17, 15) is 14.0 Å². The highest BCUT2D eigenvalue weighted by Gasteiger charge is 2.18. The first kappa shape index (κ1) is 15.6. The summed E-state index contributed by atoms with van der Waals surface area (Å²) in [6, 6.07) is 7.20. The fraction of sp³-hybridized carbons (Fsp3) is 0.133. The van der Waals surface area contributed by atoms with Gasteiger partial charge in [0, 0.05) is 18.8 Å². The molecular formula is C15H14FN3O3. The molecule has 0 unspecified atom stereocenters. The molecule has 1 aromatic carbocycles. The van der Waals surface area contributed by atoms with Crippen LogP contribution in [0.4, 0.5) is 4.39 Å². The first-order valence-corrected chi connectivity index (χ1v) is 6.32. The molecule has 0 spiro atoms. The molecular weight excluding hydrogens is 289 g/mol. The van der Waals surface area contributed by atoms with Gasteiger partial charge in [0.05, 0.1) is 12.7 Å². The molecule has 0 aliphatic heterocycles. The van der Waals surface area contributed by atoms with E-state index in [1.807, 2.05) is 0 Å². The predicted molar refractivity (Wildman–Crippen MR) is 77.3 cm³/mol. The zero-order valence-electron chi connectivity index (χ0n) is 12.0. The molecule has 114 valence electrons. The van der Waals surface area contributed by atoms with E-state index < -0.39 is 17.6 Å². The van der Waals surface area contributed by atoms with Gasteiger partial charge in [-0.1, -0.05) is 12.1 Å². The topological polar surface area (TPSA) is 85.5 Å². The van der Waals surface area contributed by atoms with Crippen molar-refractivity contribution in [1.82, 2.24) is 10.0 Å². The molecule has 0 bridgehead atoms. The second kappa shape index (κ2) is 6.31. The predicted octanol–water partition coefficient (Wildman–Crippen LogP) is 1.62. The number of nitrogens with zero attached hydrogens (tertiary/aromatic N) is 2. The second-order valence-corrected chi connectivity index (χ2v) is 4.44. The molecule has 0 saturated carbocycles. The zero-order valence-corrected chi connectivity index (χ0v) is 12.0. The number of carbonyl (C=O) groups is 2. The van der Waals surface area contributed by atoms with Crippen molar-refractivity contribution in [3.05, 3.63) is 53.6 Å². The van der Waals surface area contributed by atoms with Gasteiger partial charge in [-0.05, 0) is 23.8 Å². The number of rotatable bonds is 4. The van der Waals surface area contributed by atoms with Crippen LogP contribution in [0.2, 0.25) is 0 Å². The Balaban J connectivity index is 2.47. The second-order valence-electron chi connectivity index (χ2n) is 4.44. The summed E-state index contributed by atoms with van der Waals surface area (Å²) in [5.41, 5.74) is 5.94. The minimum Gasteiger partial charge on any atom is -0.364 e. The van der Waals surface area contributed by atoms with Crippen molar-refractivity contribution in [1.29, 1.82) is 0 Å². The van der Waals surface area contributed by atoms with E-state index in [1.54, 1.807) is 12.1 Å². The van der Waals surface area contributed by atoms with E-state index in [4.69, 9.17) is 10.6 Å². The van der Waals surface area contributed by atoms with Gasteiger partial charge in [0.1, 0.15) is 11.5 Å². The van der Waals surface area contributed by atoms with E-state index in [0.717, 1.165) is 11.1 Å². The minimum atomic E-state index is -0.731. The van der Waals surface area contributed by atoms with Gasteiger partial charge in [-0.25, -0.2) is 9.45 Å². The Morgan fingerprint density at radius 1 is 1.32 bits per heavy atom. The number of hydrogen-bond acceptors (Lipinski definition) is 4. The van der Waals surface area contributed by atoms with E-state index in [1.165, 1.54) is 32.5 Å². The molecule has 1 heterocycles. The zero-order chi connectivity index (χ0) is 16.3. The molecule has 1 aromatic heterocycles. The molecule has 2 amide bonds. The molecule has 2 aromatic rings. The molecule has 22 heavy (non-hydrogen) atoms. The van der Waals surface area contributed by atoms with Crippen LogP contribution in [0.15, 0.2) is 36.5 Å². The van der Waals surface area contributed by atoms with Gasteiger partial charge in [-0.15, -0.1) is 0 Å². The highest BCUT2D eigenvalue weighted by atomic mass is 19.1.